The quantitative estimate of drug-likeness (QED) is 0.149. The molecule has 12 rings (SSSR count). The van der Waals surface area contributed by atoms with E-state index in [0.717, 1.165) is 33.2 Å². The second-order valence-electron chi connectivity index (χ2n) is 16.9. The van der Waals surface area contributed by atoms with E-state index in [1.807, 2.05) is 38.1 Å². The number of nitrogens with zero attached hydrogens (tertiary/aromatic N) is 2. The topological polar surface area (TPSA) is 175 Å². The number of hydrogen-bond acceptors (Lipinski definition) is 14. The summed E-state index contributed by atoms with van der Waals surface area (Å²) in [5.41, 5.74) is 3.39. The van der Waals surface area contributed by atoms with Gasteiger partial charge in [0.05, 0.1) is 36.7 Å². The summed E-state index contributed by atoms with van der Waals surface area (Å²) >= 11 is 1.49. The first-order chi connectivity index (χ1) is 27.3. The first kappa shape index (κ1) is 35.6. The van der Waals surface area contributed by atoms with Crippen LogP contribution >= 0.6 is 11.8 Å². The van der Waals surface area contributed by atoms with Crippen LogP contribution in [0.2, 0.25) is 0 Å². The fourth-order valence-electron chi connectivity index (χ4n) is 11.8. The molecule has 57 heavy (non-hydrogen) atoms. The molecule has 8 atom stereocenters. The van der Waals surface area contributed by atoms with Gasteiger partial charge in [-0.2, -0.15) is 0 Å². The van der Waals surface area contributed by atoms with Gasteiger partial charge in [-0.1, -0.05) is 18.2 Å². The third-order valence-corrected chi connectivity index (χ3v) is 15.3. The minimum Gasteiger partial charge on any atom is -0.504 e. The fourth-order valence-corrected chi connectivity index (χ4v) is 13.5. The highest BCUT2D eigenvalue weighted by molar-refractivity contribution is 7.99. The number of para-hydroxylation sites is 1. The smallest absolute Gasteiger partial charge is 0.333 e. The number of aromatic hydroxyl groups is 1. The number of thioether (sulfide) groups is 1. The maximum atomic E-state index is 15.0. The van der Waals surface area contributed by atoms with Gasteiger partial charge in [0.2, 0.25) is 6.79 Å². The van der Waals surface area contributed by atoms with Crippen molar-refractivity contribution >= 4 is 34.6 Å². The van der Waals surface area contributed by atoms with E-state index in [1.54, 1.807) is 7.11 Å². The summed E-state index contributed by atoms with van der Waals surface area (Å²) in [5.74, 6) is 0.805. The molecule has 1 aromatic heterocycles. The largest absolute Gasteiger partial charge is 0.504 e. The number of aromatic nitrogens is 1. The van der Waals surface area contributed by atoms with Crippen LogP contribution in [-0.2, 0) is 31.8 Å². The lowest BCUT2D eigenvalue weighted by Gasteiger charge is -2.59. The number of aliphatic hydroxyl groups is 2. The van der Waals surface area contributed by atoms with Crippen LogP contribution in [0.25, 0.3) is 10.9 Å². The van der Waals surface area contributed by atoms with Gasteiger partial charge >= 0.3 is 11.9 Å². The Balaban J connectivity index is 1.19. The number of phenols is 1. The van der Waals surface area contributed by atoms with Gasteiger partial charge in [-0.25, -0.2) is 4.79 Å². The predicted octanol–water partition coefficient (Wildman–Crippen LogP) is 3.99. The number of carbonyl (C=O) groups is 2. The Labute approximate surface area is 332 Å². The molecule has 3 aromatic carbocycles. The van der Waals surface area contributed by atoms with Crippen molar-refractivity contribution in [3.8, 4) is 28.7 Å². The third kappa shape index (κ3) is 4.39. The van der Waals surface area contributed by atoms with Crippen LogP contribution in [0.3, 0.4) is 0 Å². The highest BCUT2D eigenvalue weighted by Gasteiger charge is 2.72. The molecular formula is C42H44N4O10S. The highest BCUT2D eigenvalue weighted by atomic mass is 32.2. The molecule has 3 fully saturated rings. The molecule has 0 aliphatic carbocycles. The Morgan fingerprint density at radius 3 is 2.67 bits per heavy atom. The summed E-state index contributed by atoms with van der Waals surface area (Å²) in [5, 5.41) is 39.9. The number of aromatic amines is 1. The molecule has 8 aliphatic rings. The summed E-state index contributed by atoms with van der Waals surface area (Å²) in [6.45, 7) is 7.05. The van der Waals surface area contributed by atoms with Crippen LogP contribution < -0.4 is 24.3 Å². The average Bonchev–Trinajstić information content (AvgIpc) is 3.93. The molecule has 9 heterocycles. The summed E-state index contributed by atoms with van der Waals surface area (Å²) in [6, 6.07) is 7.71. The highest BCUT2D eigenvalue weighted by Crippen LogP contribution is 2.71. The van der Waals surface area contributed by atoms with Gasteiger partial charge in [-0.05, 0) is 56.0 Å². The molecule has 5 N–H and O–H groups in total. The summed E-state index contributed by atoms with van der Waals surface area (Å²) in [7, 11) is 1.55. The monoisotopic (exact) mass is 796 g/mol. The zero-order valence-electron chi connectivity index (χ0n) is 32.2. The number of hydrogen-bond donors (Lipinski definition) is 5. The number of piperazine rings is 1. The first-order valence-electron chi connectivity index (χ1n) is 19.5. The van der Waals surface area contributed by atoms with Crippen molar-refractivity contribution in [2.45, 2.75) is 86.8 Å². The first-order valence-corrected chi connectivity index (χ1v) is 20.5. The lowest BCUT2D eigenvalue weighted by molar-refractivity contribution is -0.196. The molecule has 0 saturated carbocycles. The number of benzene rings is 3. The van der Waals surface area contributed by atoms with Crippen molar-refractivity contribution in [1.29, 1.82) is 0 Å². The van der Waals surface area contributed by atoms with Crippen molar-refractivity contribution in [1.82, 2.24) is 20.1 Å². The minimum atomic E-state index is -1.42. The van der Waals surface area contributed by atoms with E-state index >= 15 is 4.79 Å². The van der Waals surface area contributed by atoms with Crippen LogP contribution in [0.15, 0.2) is 30.3 Å². The zero-order chi connectivity index (χ0) is 39.5. The standard InChI is InChI=1S/C42H44N4O10S/c1-18-10-24-27(32(49)33(18)52-5)30-31-37-29-28(36-35(54-17-55-36)19(2)34(29)56-20(3)48)26(46(31)41(51)14-40(24,4)45(30)15-41)13-53-39(50)42(16-57-37)38-23(11-21(12-47)44-42)22-8-6-7-9-25(22)43-38/h6-10,21,26,30-31,37,43-44,47,49,51H,11-17H2,1-5H3/t21-,26-,30-,31?,37+,40+,41?,42+/m0/s1. The number of aliphatic hydroxyl groups excluding tert-OH is 1. The van der Waals surface area contributed by atoms with Gasteiger partial charge in [0.25, 0.3) is 0 Å². The summed E-state index contributed by atoms with van der Waals surface area (Å²) in [4.78, 5) is 36.0. The van der Waals surface area contributed by atoms with Crippen LogP contribution in [-0.4, -0.2) is 99.3 Å². The maximum absolute atomic E-state index is 15.0. The second-order valence-corrected chi connectivity index (χ2v) is 18.0. The Bertz CT molecular complexity index is 2470. The number of carbonyl (C=O) groups excluding carboxylic acids is 2. The van der Waals surface area contributed by atoms with E-state index in [1.165, 1.54) is 18.7 Å². The predicted molar refractivity (Wildman–Crippen MR) is 207 cm³/mol. The van der Waals surface area contributed by atoms with Crippen LogP contribution in [0, 0.1) is 13.8 Å². The lowest BCUT2D eigenvalue weighted by Crippen LogP contribution is -2.67. The summed E-state index contributed by atoms with van der Waals surface area (Å²) < 4.78 is 30.8. The van der Waals surface area contributed by atoms with Crippen molar-refractivity contribution in [3.63, 3.8) is 0 Å². The van der Waals surface area contributed by atoms with Crippen molar-refractivity contribution in [3.05, 3.63) is 75.0 Å². The molecule has 15 heteroatoms. The van der Waals surface area contributed by atoms with Crippen molar-refractivity contribution in [2.24, 2.45) is 0 Å². The normalized spacial score (nSPS) is 33.2. The zero-order valence-corrected chi connectivity index (χ0v) is 33.0. The molecule has 298 valence electrons. The Morgan fingerprint density at radius 2 is 1.89 bits per heavy atom. The number of methoxy groups -OCH3 is 1. The van der Waals surface area contributed by atoms with E-state index in [0.29, 0.717) is 58.2 Å². The van der Waals surface area contributed by atoms with Gasteiger partial charge in [0.15, 0.2) is 28.5 Å². The number of ether oxygens (including phenoxy) is 5. The van der Waals surface area contributed by atoms with Gasteiger partial charge in [-0.15, -0.1) is 11.8 Å². The van der Waals surface area contributed by atoms with Gasteiger partial charge < -0.3 is 44.0 Å². The molecule has 8 aliphatic heterocycles. The molecule has 0 radical (unpaired) electrons. The Hall–Kier alpha value is -4.51. The van der Waals surface area contributed by atoms with E-state index in [-0.39, 0.29) is 38.1 Å². The van der Waals surface area contributed by atoms with Crippen LogP contribution in [0.1, 0.15) is 82.2 Å². The minimum absolute atomic E-state index is 0.0578. The number of rotatable bonds is 3. The van der Waals surface area contributed by atoms with Gasteiger partial charge in [-0.3, -0.25) is 19.9 Å². The fraction of sp³-hybridized carbons (Fsp3) is 0.476. The average molecular weight is 797 g/mol. The van der Waals surface area contributed by atoms with Gasteiger partial charge in [0, 0.05) is 76.4 Å². The van der Waals surface area contributed by atoms with Crippen molar-refractivity contribution < 1.29 is 48.6 Å². The Morgan fingerprint density at radius 1 is 1.11 bits per heavy atom. The molecule has 4 aromatic rings. The second kappa shape index (κ2) is 11.8. The molecular weight excluding hydrogens is 753 g/mol. The summed E-state index contributed by atoms with van der Waals surface area (Å²) in [6.07, 6.45) is 0.812. The third-order valence-electron chi connectivity index (χ3n) is 13.9. The number of H-pyrrole nitrogens is 1. The van der Waals surface area contributed by atoms with Gasteiger partial charge in [0.1, 0.15) is 18.1 Å². The molecule has 3 saturated heterocycles. The van der Waals surface area contributed by atoms with E-state index in [4.69, 9.17) is 23.7 Å². The number of nitrogens with one attached hydrogen (secondary N) is 2. The lowest BCUT2D eigenvalue weighted by atomic mass is 9.75. The SMILES string of the molecule is COc1c(C)cc2c(c1O)[C@H]1C3[C@@H]4SC[C@]5(N[C@H](CO)Cc6c5[nH]c5ccccc65)C(=O)OC[C@@H](c5c6c(c(C)c(OC(C)=O)c54)OCO6)N3C3(O)CN1[C@]2(C)C3. The molecule has 4 bridgehead atoms. The van der Waals surface area contributed by atoms with E-state index in [2.05, 4.69) is 33.1 Å². The maximum Gasteiger partial charge on any atom is 0.333 e. The molecule has 1 spiro atoms. The van der Waals surface area contributed by atoms with E-state index < -0.39 is 58.2 Å². The number of phenolic OH excluding ortho intramolecular Hbond substituents is 1. The van der Waals surface area contributed by atoms with E-state index in [9.17, 15) is 20.1 Å². The Kier molecular flexibility index (Phi) is 7.37. The molecule has 2 unspecified atom stereocenters. The number of esters is 2. The van der Waals surface area contributed by atoms with Crippen LogP contribution in [0.5, 0.6) is 28.7 Å². The van der Waals surface area contributed by atoms with Crippen LogP contribution in [0.4, 0.5) is 0 Å². The molecule has 14 nitrogen and oxygen atoms in total. The molecule has 0 amide bonds. The van der Waals surface area contributed by atoms with Crippen molar-refractivity contribution in [2.75, 3.05) is 39.4 Å². The number of aryl methyl sites for hydroxylation is 1. The number of fused-ring (bicyclic) bond motifs is 11.